The van der Waals surface area contributed by atoms with Gasteiger partial charge in [0.1, 0.15) is 5.75 Å². The highest BCUT2D eigenvalue weighted by Crippen LogP contribution is 2.27. The Morgan fingerprint density at radius 2 is 2.07 bits per heavy atom. The minimum Gasteiger partial charge on any atom is -0.507 e. The van der Waals surface area contributed by atoms with Gasteiger partial charge in [-0.3, -0.25) is 0 Å². The topological polar surface area (TPSA) is 57.5 Å². The van der Waals surface area contributed by atoms with Crippen molar-refractivity contribution in [2.45, 2.75) is 12.3 Å². The van der Waals surface area contributed by atoms with Gasteiger partial charge in [0.05, 0.1) is 4.47 Å². The van der Waals surface area contributed by atoms with Crippen LogP contribution in [0.3, 0.4) is 0 Å². The fourth-order valence-electron chi connectivity index (χ4n) is 0.992. The van der Waals surface area contributed by atoms with Crippen LogP contribution in [0, 0.1) is 0 Å². The number of carbonyl (C=O) groups is 1. The molecule has 6 heteroatoms. The Kier molecular flexibility index (Phi) is 3.28. The molecule has 0 aliphatic carbocycles. The first-order valence-corrected chi connectivity index (χ1v) is 4.71. The van der Waals surface area contributed by atoms with Gasteiger partial charge in [-0.25, -0.2) is 4.79 Å². The summed E-state index contributed by atoms with van der Waals surface area (Å²) in [5.41, 5.74) is 0.132. The van der Waals surface area contributed by atoms with Gasteiger partial charge in [-0.05, 0) is 33.6 Å². The predicted molar refractivity (Wildman–Crippen MR) is 52.1 cm³/mol. The normalized spacial score (nSPS) is 11.4. The molecule has 1 aromatic carbocycles. The van der Waals surface area contributed by atoms with E-state index in [1.54, 1.807) is 0 Å². The van der Waals surface area contributed by atoms with E-state index in [1.165, 1.54) is 18.2 Å². The van der Waals surface area contributed by atoms with Crippen LogP contribution in [-0.4, -0.2) is 22.1 Å². The third-order valence-corrected chi connectivity index (χ3v) is 2.39. The Bertz CT molecular complexity index is 393. The molecule has 0 aromatic heterocycles. The van der Waals surface area contributed by atoms with Gasteiger partial charge in [0, 0.05) is 6.42 Å². The molecular weight excluding hydrogens is 274 g/mol. The molecule has 0 spiro atoms. The molecule has 1 aromatic rings. The number of aromatic hydroxyl groups is 1. The van der Waals surface area contributed by atoms with Gasteiger partial charge in [0.2, 0.25) is 0 Å². The molecule has 0 amide bonds. The molecule has 0 radical (unpaired) electrons. The van der Waals surface area contributed by atoms with Crippen LogP contribution in [0.2, 0.25) is 0 Å². The lowest BCUT2D eigenvalue weighted by atomic mass is 10.1. The summed E-state index contributed by atoms with van der Waals surface area (Å²) in [5.74, 6) is -6.04. The molecule has 82 valence electrons. The Labute approximate surface area is 92.5 Å². The monoisotopic (exact) mass is 280 g/mol. The number of aliphatic carboxylic acids is 1. The zero-order chi connectivity index (χ0) is 11.6. The average Bonchev–Trinajstić information content (AvgIpc) is 2.10. The molecule has 0 fully saturated rings. The number of rotatable bonds is 3. The van der Waals surface area contributed by atoms with Crippen LogP contribution >= 0.6 is 15.9 Å². The van der Waals surface area contributed by atoms with Gasteiger partial charge in [-0.1, -0.05) is 6.07 Å². The predicted octanol–water partition coefficient (Wildman–Crippen LogP) is 2.42. The Morgan fingerprint density at radius 3 is 2.53 bits per heavy atom. The first kappa shape index (κ1) is 11.9. The van der Waals surface area contributed by atoms with Crippen LogP contribution in [0.1, 0.15) is 5.56 Å². The number of hydrogen-bond acceptors (Lipinski definition) is 2. The summed E-state index contributed by atoms with van der Waals surface area (Å²) < 4.78 is 25.8. The second-order valence-electron chi connectivity index (χ2n) is 2.97. The summed E-state index contributed by atoms with van der Waals surface area (Å²) in [4.78, 5) is 10.2. The lowest BCUT2D eigenvalue weighted by Crippen LogP contribution is -2.30. The van der Waals surface area contributed by atoms with Crippen molar-refractivity contribution in [2.24, 2.45) is 0 Å². The van der Waals surface area contributed by atoms with Gasteiger partial charge < -0.3 is 10.2 Å². The van der Waals surface area contributed by atoms with Crippen molar-refractivity contribution < 1.29 is 23.8 Å². The summed E-state index contributed by atoms with van der Waals surface area (Å²) >= 11 is 2.95. The van der Waals surface area contributed by atoms with E-state index in [0.717, 1.165) is 0 Å². The molecule has 0 unspecified atom stereocenters. The minimum absolute atomic E-state index is 0.0857. The van der Waals surface area contributed by atoms with Crippen LogP contribution in [0.25, 0.3) is 0 Å². The highest BCUT2D eigenvalue weighted by molar-refractivity contribution is 9.10. The van der Waals surface area contributed by atoms with Gasteiger partial charge in [-0.15, -0.1) is 0 Å². The van der Waals surface area contributed by atoms with Crippen LogP contribution in [0.4, 0.5) is 8.78 Å². The van der Waals surface area contributed by atoms with E-state index in [0.29, 0.717) is 0 Å². The summed E-state index contributed by atoms with van der Waals surface area (Å²) in [6.07, 6.45) is -0.902. The fraction of sp³-hybridized carbons (Fsp3) is 0.222. The quantitative estimate of drug-likeness (QED) is 0.894. The van der Waals surface area contributed by atoms with Crippen LogP contribution < -0.4 is 0 Å². The molecule has 1 rings (SSSR count). The van der Waals surface area contributed by atoms with Gasteiger partial charge in [0.15, 0.2) is 0 Å². The number of hydrogen-bond donors (Lipinski definition) is 2. The van der Waals surface area contributed by atoms with Gasteiger partial charge >= 0.3 is 11.9 Å². The van der Waals surface area contributed by atoms with Crippen molar-refractivity contribution >= 4 is 21.9 Å². The number of benzene rings is 1. The van der Waals surface area contributed by atoms with Crippen molar-refractivity contribution in [1.29, 1.82) is 0 Å². The molecule has 0 atom stereocenters. The van der Waals surface area contributed by atoms with E-state index in [4.69, 9.17) is 10.2 Å². The highest BCUT2D eigenvalue weighted by atomic mass is 79.9. The van der Waals surface area contributed by atoms with E-state index in [2.05, 4.69) is 15.9 Å². The van der Waals surface area contributed by atoms with Crippen LogP contribution in [0.15, 0.2) is 22.7 Å². The number of carboxylic acid groups (broad SMARTS) is 1. The Morgan fingerprint density at radius 1 is 1.47 bits per heavy atom. The molecule has 15 heavy (non-hydrogen) atoms. The van der Waals surface area contributed by atoms with E-state index in [-0.39, 0.29) is 15.8 Å². The molecule has 0 aliphatic rings. The number of carboxylic acids is 1. The van der Waals surface area contributed by atoms with Crippen LogP contribution in [-0.2, 0) is 11.2 Å². The highest BCUT2D eigenvalue weighted by Gasteiger charge is 2.38. The zero-order valence-corrected chi connectivity index (χ0v) is 8.96. The standard InChI is InChI=1S/C9H7BrF2O3/c10-6-3-5(1-2-7(6)13)4-9(11,12)8(14)15/h1-3,13H,4H2,(H,14,15). The van der Waals surface area contributed by atoms with Crippen molar-refractivity contribution in [3.05, 3.63) is 28.2 Å². The largest absolute Gasteiger partial charge is 0.507 e. The third kappa shape index (κ3) is 2.89. The average molecular weight is 281 g/mol. The SMILES string of the molecule is O=C(O)C(F)(F)Cc1ccc(O)c(Br)c1. The molecule has 0 bridgehead atoms. The molecule has 0 saturated carbocycles. The van der Waals surface area contributed by atoms with Crippen LogP contribution in [0.5, 0.6) is 5.75 Å². The molecule has 0 saturated heterocycles. The number of phenols is 1. The van der Waals surface area contributed by atoms with Gasteiger partial charge in [0.25, 0.3) is 0 Å². The third-order valence-electron chi connectivity index (χ3n) is 1.75. The number of alkyl halides is 2. The lowest BCUT2D eigenvalue weighted by molar-refractivity contribution is -0.164. The Hall–Kier alpha value is -1.17. The molecular formula is C9H7BrF2O3. The summed E-state index contributed by atoms with van der Waals surface area (Å²) in [6, 6.07) is 3.72. The zero-order valence-electron chi connectivity index (χ0n) is 7.38. The summed E-state index contributed by atoms with van der Waals surface area (Å²) in [6.45, 7) is 0. The van der Waals surface area contributed by atoms with E-state index >= 15 is 0 Å². The Balaban J connectivity index is 2.91. The number of phenolic OH excluding ortho intramolecular Hbond substituents is 1. The maximum Gasteiger partial charge on any atom is 0.374 e. The van der Waals surface area contributed by atoms with Crippen molar-refractivity contribution in [3.8, 4) is 5.75 Å². The molecule has 3 nitrogen and oxygen atoms in total. The van der Waals surface area contributed by atoms with E-state index in [9.17, 15) is 13.6 Å². The second kappa shape index (κ2) is 4.14. The smallest absolute Gasteiger partial charge is 0.374 e. The van der Waals surface area contributed by atoms with E-state index < -0.39 is 18.3 Å². The maximum absolute atomic E-state index is 12.8. The minimum atomic E-state index is -3.80. The van der Waals surface area contributed by atoms with Crippen molar-refractivity contribution in [1.82, 2.24) is 0 Å². The molecule has 0 heterocycles. The number of halogens is 3. The first-order valence-electron chi connectivity index (χ1n) is 3.91. The first-order chi connectivity index (χ1) is 6.83. The lowest BCUT2D eigenvalue weighted by Gasteiger charge is -2.11. The van der Waals surface area contributed by atoms with E-state index in [1.807, 2.05) is 0 Å². The summed E-state index contributed by atoms with van der Waals surface area (Å²) in [7, 11) is 0. The maximum atomic E-state index is 12.8. The molecule has 2 N–H and O–H groups in total. The fourth-order valence-corrected chi connectivity index (χ4v) is 1.42. The van der Waals surface area contributed by atoms with Crippen molar-refractivity contribution in [2.75, 3.05) is 0 Å². The van der Waals surface area contributed by atoms with Crippen molar-refractivity contribution in [3.63, 3.8) is 0 Å². The summed E-state index contributed by atoms with van der Waals surface area (Å²) in [5, 5.41) is 17.3. The van der Waals surface area contributed by atoms with Gasteiger partial charge in [-0.2, -0.15) is 8.78 Å². The second-order valence-corrected chi connectivity index (χ2v) is 3.83. The molecule has 0 aliphatic heterocycles.